The summed E-state index contributed by atoms with van der Waals surface area (Å²) in [5.74, 6) is -2.18. The Balaban J connectivity index is 2.10. The number of ketones is 1. The Morgan fingerprint density at radius 3 is 2.37 bits per heavy atom. The minimum Gasteiger partial charge on any atom is -0.478 e. The van der Waals surface area contributed by atoms with E-state index in [0.717, 1.165) is 0 Å². The molecule has 2 rings (SSSR count). The molecule has 0 atom stereocenters. The average Bonchev–Trinajstić information content (AvgIpc) is 2.67. The number of esters is 1. The molecule has 2 aromatic rings. The van der Waals surface area contributed by atoms with Crippen LogP contribution in [0.3, 0.4) is 0 Å². The van der Waals surface area contributed by atoms with Crippen LogP contribution in [0.1, 0.15) is 35.7 Å². The monoisotopic (exact) mass is 367 g/mol. The van der Waals surface area contributed by atoms with E-state index < -0.39 is 17.7 Å². The van der Waals surface area contributed by atoms with Crippen LogP contribution in [-0.2, 0) is 20.9 Å². The number of aliphatic carboxylic acids is 1. The summed E-state index contributed by atoms with van der Waals surface area (Å²) in [6.45, 7) is 1.82. The summed E-state index contributed by atoms with van der Waals surface area (Å²) in [5, 5.41) is 12.1. The van der Waals surface area contributed by atoms with Gasteiger partial charge in [0.05, 0.1) is 5.56 Å². The Hall–Kier alpha value is -3.41. The van der Waals surface area contributed by atoms with Crippen LogP contribution in [0.5, 0.6) is 0 Å². The topological polar surface area (TPSA) is 92.7 Å². The molecule has 6 nitrogen and oxygen atoms in total. The highest BCUT2D eigenvalue weighted by Gasteiger charge is 2.16. The number of ether oxygens (including phenoxy) is 1. The van der Waals surface area contributed by atoms with E-state index in [1.165, 1.54) is 6.20 Å². The van der Waals surface area contributed by atoms with Gasteiger partial charge in [0, 0.05) is 23.9 Å². The van der Waals surface area contributed by atoms with Gasteiger partial charge >= 0.3 is 11.9 Å². The van der Waals surface area contributed by atoms with Crippen molar-refractivity contribution in [1.29, 1.82) is 0 Å². The average molecular weight is 367 g/mol. The lowest BCUT2D eigenvalue weighted by molar-refractivity contribution is -0.134. The minimum absolute atomic E-state index is 0.00997. The fourth-order valence-electron chi connectivity index (χ4n) is 2.36. The van der Waals surface area contributed by atoms with Gasteiger partial charge in [0.15, 0.2) is 5.78 Å². The quantitative estimate of drug-likeness (QED) is 0.303. The van der Waals surface area contributed by atoms with E-state index >= 15 is 0 Å². The van der Waals surface area contributed by atoms with E-state index in [2.05, 4.69) is 5.32 Å². The molecule has 0 spiro atoms. The molecule has 27 heavy (non-hydrogen) atoms. The number of benzene rings is 2. The zero-order valence-corrected chi connectivity index (χ0v) is 15.0. The van der Waals surface area contributed by atoms with Crippen molar-refractivity contribution in [3.8, 4) is 0 Å². The van der Waals surface area contributed by atoms with Crippen molar-refractivity contribution in [2.45, 2.75) is 26.4 Å². The Morgan fingerprint density at radius 2 is 1.70 bits per heavy atom. The molecule has 0 aliphatic heterocycles. The van der Waals surface area contributed by atoms with Crippen molar-refractivity contribution in [1.82, 2.24) is 0 Å². The number of rotatable bonds is 9. The molecule has 0 saturated heterocycles. The van der Waals surface area contributed by atoms with Gasteiger partial charge in [0.1, 0.15) is 12.2 Å². The number of Topliss-reactive ketones (excluding diaryl/α,β-unsaturated/α-hetero) is 1. The summed E-state index contributed by atoms with van der Waals surface area (Å²) in [7, 11) is 0. The maximum Gasteiger partial charge on any atom is 0.340 e. The number of carbonyl (C=O) groups is 3. The third kappa shape index (κ3) is 5.81. The summed E-state index contributed by atoms with van der Waals surface area (Å²) in [5.41, 5.74) is 1.35. The molecule has 0 radical (unpaired) electrons. The summed E-state index contributed by atoms with van der Waals surface area (Å²) >= 11 is 0. The fraction of sp³-hybridized carbons (Fsp3) is 0.190. The van der Waals surface area contributed by atoms with Crippen molar-refractivity contribution >= 4 is 23.4 Å². The molecule has 0 bridgehead atoms. The van der Waals surface area contributed by atoms with Crippen molar-refractivity contribution < 1.29 is 24.2 Å². The van der Waals surface area contributed by atoms with Crippen molar-refractivity contribution in [2.75, 3.05) is 5.32 Å². The third-order valence-electron chi connectivity index (χ3n) is 3.77. The predicted molar refractivity (Wildman–Crippen MR) is 101 cm³/mol. The van der Waals surface area contributed by atoms with Gasteiger partial charge in [0.2, 0.25) is 0 Å². The first-order chi connectivity index (χ1) is 13.0. The third-order valence-corrected chi connectivity index (χ3v) is 3.77. The van der Waals surface area contributed by atoms with Gasteiger partial charge < -0.3 is 15.2 Å². The highest BCUT2D eigenvalue weighted by molar-refractivity contribution is 6.16. The Bertz CT molecular complexity index is 843. The molecule has 0 aliphatic carbocycles. The number of hydrogen-bond donors (Lipinski definition) is 2. The largest absolute Gasteiger partial charge is 0.478 e. The maximum absolute atomic E-state index is 12.1. The number of carboxylic acids is 1. The van der Waals surface area contributed by atoms with E-state index in [9.17, 15) is 19.5 Å². The van der Waals surface area contributed by atoms with Crippen LogP contribution in [0.25, 0.3) is 0 Å². The number of carboxylic acid groups (broad SMARTS) is 1. The summed E-state index contributed by atoms with van der Waals surface area (Å²) in [6, 6.07) is 15.6. The fourth-order valence-corrected chi connectivity index (χ4v) is 2.36. The first kappa shape index (κ1) is 19.9. The molecule has 0 heterocycles. The van der Waals surface area contributed by atoms with Gasteiger partial charge in [-0.05, 0) is 24.6 Å². The van der Waals surface area contributed by atoms with E-state index in [1.54, 1.807) is 55.5 Å². The Labute approximate surface area is 157 Å². The van der Waals surface area contributed by atoms with Gasteiger partial charge in [-0.3, -0.25) is 4.79 Å². The maximum atomic E-state index is 12.1. The number of anilines is 1. The van der Waals surface area contributed by atoms with Gasteiger partial charge in [0.25, 0.3) is 0 Å². The zero-order chi connectivity index (χ0) is 19.6. The van der Waals surface area contributed by atoms with Crippen LogP contribution in [0.4, 0.5) is 5.69 Å². The Morgan fingerprint density at radius 1 is 1.04 bits per heavy atom. The lowest BCUT2D eigenvalue weighted by Crippen LogP contribution is -2.14. The normalized spacial score (nSPS) is 10.9. The van der Waals surface area contributed by atoms with Crippen LogP contribution in [0.15, 0.2) is 66.4 Å². The second kappa shape index (κ2) is 9.91. The second-order valence-corrected chi connectivity index (χ2v) is 5.78. The number of carbonyl (C=O) groups excluding carboxylic acids is 2. The van der Waals surface area contributed by atoms with Crippen molar-refractivity contribution in [3.05, 3.63) is 77.5 Å². The van der Waals surface area contributed by atoms with Crippen LogP contribution in [0.2, 0.25) is 0 Å². The molecule has 0 saturated carbocycles. The van der Waals surface area contributed by atoms with Gasteiger partial charge in [-0.2, -0.15) is 0 Å². The van der Waals surface area contributed by atoms with Crippen LogP contribution < -0.4 is 5.32 Å². The first-order valence-electron chi connectivity index (χ1n) is 8.56. The molecule has 0 unspecified atom stereocenters. The van der Waals surface area contributed by atoms with E-state index in [4.69, 9.17) is 4.74 Å². The minimum atomic E-state index is -1.28. The van der Waals surface area contributed by atoms with Crippen molar-refractivity contribution in [2.24, 2.45) is 0 Å². The zero-order valence-electron chi connectivity index (χ0n) is 15.0. The molecule has 0 aromatic heterocycles. The molecular weight excluding hydrogens is 346 g/mol. The molecule has 140 valence electrons. The van der Waals surface area contributed by atoms with Crippen LogP contribution in [0, 0.1) is 0 Å². The number of nitrogens with one attached hydrogen (secondary N) is 1. The highest BCUT2D eigenvalue weighted by Crippen LogP contribution is 2.18. The van der Waals surface area contributed by atoms with Gasteiger partial charge in [-0.25, -0.2) is 9.59 Å². The lowest BCUT2D eigenvalue weighted by atomic mass is 10.1. The van der Waals surface area contributed by atoms with E-state index in [-0.39, 0.29) is 18.6 Å². The lowest BCUT2D eigenvalue weighted by Gasteiger charge is -2.11. The molecular formula is C21H21NO5. The molecule has 0 aliphatic rings. The predicted octanol–water partition coefficient (Wildman–Crippen LogP) is 3.79. The van der Waals surface area contributed by atoms with E-state index in [0.29, 0.717) is 23.2 Å². The molecule has 6 heteroatoms. The SMILES string of the molecule is CCCC(=O)C(=CNc1ccccc1COC(=O)c1ccccc1)C(=O)O. The van der Waals surface area contributed by atoms with Gasteiger partial charge in [-0.1, -0.05) is 43.3 Å². The Kier molecular flexibility index (Phi) is 7.31. The molecule has 0 fully saturated rings. The first-order valence-corrected chi connectivity index (χ1v) is 8.56. The summed E-state index contributed by atoms with van der Waals surface area (Å²) in [6.07, 6.45) is 1.91. The van der Waals surface area contributed by atoms with Crippen LogP contribution >= 0.6 is 0 Å². The second-order valence-electron chi connectivity index (χ2n) is 5.78. The summed E-state index contributed by atoms with van der Waals surface area (Å²) < 4.78 is 5.31. The number of para-hydroxylation sites is 1. The van der Waals surface area contributed by atoms with E-state index in [1.807, 2.05) is 6.07 Å². The van der Waals surface area contributed by atoms with Crippen molar-refractivity contribution in [3.63, 3.8) is 0 Å². The molecule has 0 amide bonds. The summed E-state index contributed by atoms with van der Waals surface area (Å²) in [4.78, 5) is 35.3. The molecule has 2 N–H and O–H groups in total. The smallest absolute Gasteiger partial charge is 0.340 e. The standard InChI is InChI=1S/C21H21NO5/c1-2-8-19(23)17(20(24)25)13-22-18-12-7-6-11-16(18)14-27-21(26)15-9-4-3-5-10-15/h3-7,9-13,22H,2,8,14H2,1H3,(H,24,25). The molecule has 2 aromatic carbocycles. The highest BCUT2D eigenvalue weighted by atomic mass is 16.5. The van der Waals surface area contributed by atoms with Gasteiger partial charge in [-0.15, -0.1) is 0 Å². The van der Waals surface area contributed by atoms with Crippen LogP contribution in [-0.4, -0.2) is 22.8 Å². The number of hydrogen-bond acceptors (Lipinski definition) is 5.